The molecule has 10 heteroatoms. The highest BCUT2D eigenvalue weighted by Gasteiger charge is 2.28. The van der Waals surface area contributed by atoms with E-state index in [1.54, 1.807) is 11.8 Å². The summed E-state index contributed by atoms with van der Waals surface area (Å²) in [6, 6.07) is 14.0. The number of ether oxygens (including phenoxy) is 2. The van der Waals surface area contributed by atoms with Crippen molar-refractivity contribution in [3.05, 3.63) is 75.3 Å². The average Bonchev–Trinajstić information content (AvgIpc) is 3.18. The molecule has 1 N–H and O–H groups in total. The van der Waals surface area contributed by atoms with Crippen molar-refractivity contribution in [2.24, 2.45) is 0 Å². The summed E-state index contributed by atoms with van der Waals surface area (Å²) in [5, 5.41) is 14.3. The molecule has 35 heavy (non-hydrogen) atoms. The molecule has 0 spiro atoms. The van der Waals surface area contributed by atoms with Crippen molar-refractivity contribution in [1.29, 1.82) is 0 Å². The van der Waals surface area contributed by atoms with Crippen LogP contribution in [-0.4, -0.2) is 54.5 Å². The Kier molecular flexibility index (Phi) is 7.42. The van der Waals surface area contributed by atoms with Crippen molar-refractivity contribution in [1.82, 2.24) is 4.90 Å². The molecule has 2 aromatic carbocycles. The molecule has 2 amide bonds. The summed E-state index contributed by atoms with van der Waals surface area (Å²) in [6.07, 6.45) is 0. The Balaban J connectivity index is 1.55. The van der Waals surface area contributed by atoms with E-state index < -0.39 is 10.8 Å². The third-order valence-corrected chi connectivity index (χ3v) is 6.94. The highest BCUT2D eigenvalue weighted by atomic mass is 32.1. The molecule has 0 bridgehead atoms. The number of morpholine rings is 1. The number of hydrogen-bond donors (Lipinski definition) is 1. The lowest BCUT2D eigenvalue weighted by molar-refractivity contribution is -0.385. The first kappa shape index (κ1) is 24.4. The monoisotopic (exact) mass is 495 g/mol. The number of anilines is 1. The molecule has 1 aliphatic heterocycles. The van der Waals surface area contributed by atoms with Crippen molar-refractivity contribution < 1.29 is 24.0 Å². The van der Waals surface area contributed by atoms with E-state index >= 15 is 0 Å². The number of thiophene rings is 1. The number of nitrogens with zero attached hydrogens (tertiary/aromatic N) is 2. The van der Waals surface area contributed by atoms with E-state index in [2.05, 4.69) is 5.32 Å². The Morgan fingerprint density at radius 2 is 1.86 bits per heavy atom. The van der Waals surface area contributed by atoms with Gasteiger partial charge in [0, 0.05) is 29.6 Å². The van der Waals surface area contributed by atoms with Gasteiger partial charge in [0.15, 0.2) is 6.61 Å². The van der Waals surface area contributed by atoms with Crippen molar-refractivity contribution in [2.75, 3.05) is 38.2 Å². The highest BCUT2D eigenvalue weighted by molar-refractivity contribution is 7.20. The zero-order valence-electron chi connectivity index (χ0n) is 19.4. The van der Waals surface area contributed by atoms with E-state index in [1.165, 1.54) is 29.5 Å². The van der Waals surface area contributed by atoms with Crippen LogP contribution in [0.2, 0.25) is 0 Å². The van der Waals surface area contributed by atoms with Crippen LogP contribution in [0.5, 0.6) is 5.75 Å². The van der Waals surface area contributed by atoms with Crippen LogP contribution in [-0.2, 0) is 9.53 Å². The van der Waals surface area contributed by atoms with Crippen LogP contribution in [0, 0.1) is 24.0 Å². The Morgan fingerprint density at radius 3 is 2.51 bits per heavy atom. The quantitative estimate of drug-likeness (QED) is 0.383. The smallest absolute Gasteiger partial charge is 0.272 e. The molecular weight excluding hydrogens is 470 g/mol. The van der Waals surface area contributed by atoms with Crippen LogP contribution in [0.1, 0.15) is 21.5 Å². The lowest BCUT2D eigenvalue weighted by Gasteiger charge is -2.27. The Hall–Kier alpha value is -3.76. The van der Waals surface area contributed by atoms with Crippen molar-refractivity contribution in [3.8, 4) is 16.2 Å². The number of carbonyl (C=O) groups excluding carboxylic acids is 2. The van der Waals surface area contributed by atoms with E-state index in [4.69, 9.17) is 9.47 Å². The normalized spacial score (nSPS) is 13.4. The second-order valence-corrected chi connectivity index (χ2v) is 9.09. The maximum absolute atomic E-state index is 13.4. The van der Waals surface area contributed by atoms with E-state index in [0.717, 1.165) is 16.0 Å². The Labute approximate surface area is 206 Å². The maximum atomic E-state index is 13.4. The van der Waals surface area contributed by atoms with Gasteiger partial charge in [-0.25, -0.2) is 0 Å². The molecule has 9 nitrogen and oxygen atoms in total. The summed E-state index contributed by atoms with van der Waals surface area (Å²) in [6.45, 7) is 5.12. The van der Waals surface area contributed by atoms with Gasteiger partial charge in [-0.05, 0) is 37.1 Å². The van der Waals surface area contributed by atoms with Gasteiger partial charge < -0.3 is 19.7 Å². The van der Waals surface area contributed by atoms with E-state index in [9.17, 15) is 19.7 Å². The molecule has 0 aliphatic carbocycles. The number of aryl methyl sites for hydroxylation is 1. The summed E-state index contributed by atoms with van der Waals surface area (Å²) in [7, 11) is 0. The van der Waals surface area contributed by atoms with Crippen LogP contribution in [0.15, 0.2) is 48.5 Å². The predicted octanol–water partition coefficient (Wildman–Crippen LogP) is 4.43. The van der Waals surface area contributed by atoms with Gasteiger partial charge in [-0.3, -0.25) is 19.7 Å². The largest absolute Gasteiger partial charge is 0.484 e. The molecular formula is C25H25N3O6S. The second kappa shape index (κ2) is 10.7. The van der Waals surface area contributed by atoms with Crippen LogP contribution in [0.25, 0.3) is 10.4 Å². The third-order valence-electron chi connectivity index (χ3n) is 5.68. The summed E-state index contributed by atoms with van der Waals surface area (Å²) in [4.78, 5) is 39.4. The van der Waals surface area contributed by atoms with Crippen LogP contribution in [0.3, 0.4) is 0 Å². The molecule has 0 atom stereocenters. The number of carbonyl (C=O) groups is 2. The summed E-state index contributed by atoms with van der Waals surface area (Å²) in [5.74, 6) is -0.232. The van der Waals surface area contributed by atoms with Gasteiger partial charge in [-0.15, -0.1) is 11.3 Å². The molecule has 2 heterocycles. The molecule has 0 radical (unpaired) electrons. The topological polar surface area (TPSA) is 111 Å². The minimum absolute atomic E-state index is 0.0180. The van der Waals surface area contributed by atoms with Crippen molar-refractivity contribution in [3.63, 3.8) is 0 Å². The molecule has 1 aromatic heterocycles. The first-order valence-electron chi connectivity index (χ1n) is 11.1. The van der Waals surface area contributed by atoms with Crippen LogP contribution < -0.4 is 10.1 Å². The molecule has 0 saturated carbocycles. The first-order valence-corrected chi connectivity index (χ1v) is 11.9. The minimum atomic E-state index is -0.470. The lowest BCUT2D eigenvalue weighted by atomic mass is 10.1. The highest BCUT2D eigenvalue weighted by Crippen LogP contribution is 2.40. The Bertz CT molecular complexity index is 1250. The van der Waals surface area contributed by atoms with E-state index in [-0.39, 0.29) is 18.2 Å². The van der Waals surface area contributed by atoms with Gasteiger partial charge in [-0.2, -0.15) is 0 Å². The molecule has 1 saturated heterocycles. The van der Waals surface area contributed by atoms with Gasteiger partial charge in [0.2, 0.25) is 0 Å². The molecule has 4 rings (SSSR count). The van der Waals surface area contributed by atoms with E-state index in [1.807, 2.05) is 37.3 Å². The Morgan fingerprint density at radius 1 is 1.14 bits per heavy atom. The van der Waals surface area contributed by atoms with Crippen LogP contribution >= 0.6 is 11.3 Å². The van der Waals surface area contributed by atoms with Crippen LogP contribution in [0.4, 0.5) is 10.7 Å². The van der Waals surface area contributed by atoms with Gasteiger partial charge in [0.25, 0.3) is 17.5 Å². The summed E-state index contributed by atoms with van der Waals surface area (Å²) in [5.41, 5.74) is 2.66. The van der Waals surface area contributed by atoms with Gasteiger partial charge in [0.05, 0.1) is 23.7 Å². The predicted molar refractivity (Wildman–Crippen MR) is 133 cm³/mol. The standard InChI is InChI=1S/C25H25N3O6S/c1-16-14-19(8-9-20(16)28(31)32)34-15-21(29)26-24-22(25(30)27-10-12-33-13-11-27)17(2)23(35-24)18-6-4-3-5-7-18/h3-9,14H,10-13,15H2,1-2H3,(H,26,29). The number of hydrogen-bond acceptors (Lipinski definition) is 7. The fourth-order valence-corrected chi connectivity index (χ4v) is 5.10. The fraction of sp³-hybridized carbons (Fsp3) is 0.280. The van der Waals surface area contributed by atoms with Crippen molar-refractivity contribution in [2.45, 2.75) is 13.8 Å². The number of nitrogens with one attached hydrogen (secondary N) is 1. The fourth-order valence-electron chi connectivity index (χ4n) is 3.88. The second-order valence-electron chi connectivity index (χ2n) is 8.07. The zero-order valence-corrected chi connectivity index (χ0v) is 20.2. The van der Waals surface area contributed by atoms with Gasteiger partial charge in [0.1, 0.15) is 10.8 Å². The summed E-state index contributed by atoms with van der Waals surface area (Å²) < 4.78 is 10.9. The van der Waals surface area contributed by atoms with Gasteiger partial charge in [-0.1, -0.05) is 30.3 Å². The molecule has 3 aromatic rings. The lowest BCUT2D eigenvalue weighted by Crippen LogP contribution is -2.41. The number of amides is 2. The number of rotatable bonds is 7. The minimum Gasteiger partial charge on any atom is -0.484 e. The molecule has 1 fully saturated rings. The number of benzene rings is 2. The molecule has 182 valence electrons. The van der Waals surface area contributed by atoms with Gasteiger partial charge >= 0.3 is 0 Å². The average molecular weight is 496 g/mol. The summed E-state index contributed by atoms with van der Waals surface area (Å²) >= 11 is 1.35. The van der Waals surface area contributed by atoms with E-state index in [0.29, 0.717) is 48.2 Å². The molecule has 0 unspecified atom stereocenters. The molecule has 1 aliphatic rings. The number of nitro benzene ring substituents is 1. The first-order chi connectivity index (χ1) is 16.8. The SMILES string of the molecule is Cc1cc(OCC(=O)Nc2sc(-c3ccccc3)c(C)c2C(=O)N2CCOCC2)ccc1[N+](=O)[O-]. The van der Waals surface area contributed by atoms with Crippen molar-refractivity contribution >= 4 is 33.8 Å². The zero-order chi connectivity index (χ0) is 24.9. The third kappa shape index (κ3) is 5.50. The number of nitro groups is 1. The maximum Gasteiger partial charge on any atom is 0.272 e.